The summed E-state index contributed by atoms with van der Waals surface area (Å²) in [6.07, 6.45) is 1.97. The van der Waals surface area contributed by atoms with Crippen molar-refractivity contribution in [3.05, 3.63) is 100.0 Å². The third-order valence-corrected chi connectivity index (χ3v) is 6.81. The Morgan fingerprint density at radius 2 is 1.82 bits per heavy atom. The van der Waals surface area contributed by atoms with Crippen LogP contribution in [0.25, 0.3) is 0 Å². The van der Waals surface area contributed by atoms with Crippen LogP contribution in [0.1, 0.15) is 29.3 Å². The molecule has 2 aliphatic heterocycles. The fraction of sp³-hybridized carbons (Fsp3) is 0.296. The van der Waals surface area contributed by atoms with Crippen molar-refractivity contribution in [2.24, 2.45) is 0 Å². The third kappa shape index (κ3) is 5.08. The molecule has 0 radical (unpaired) electrons. The lowest BCUT2D eigenvalue weighted by atomic mass is 9.87. The Labute approximate surface area is 217 Å². The number of nitrogens with zero attached hydrogens (tertiary/aromatic N) is 3. The first kappa shape index (κ1) is 25.0. The third-order valence-electron chi connectivity index (χ3n) is 6.81. The van der Waals surface area contributed by atoms with Crippen LogP contribution in [0.3, 0.4) is 0 Å². The molecule has 0 N–H and O–H groups in total. The number of rotatable bonds is 10. The van der Waals surface area contributed by atoms with E-state index in [0.29, 0.717) is 18.4 Å². The number of furan rings is 1. The molecule has 3 atom stereocenters. The van der Waals surface area contributed by atoms with Crippen molar-refractivity contribution in [2.75, 3.05) is 13.2 Å². The van der Waals surface area contributed by atoms with Gasteiger partial charge in [0.05, 0.1) is 23.3 Å². The average Bonchev–Trinajstić information content (AvgIpc) is 3.59. The van der Waals surface area contributed by atoms with Gasteiger partial charge in [-0.1, -0.05) is 30.3 Å². The molecule has 1 aromatic heterocycles. The van der Waals surface area contributed by atoms with Crippen LogP contribution in [0.2, 0.25) is 0 Å². The van der Waals surface area contributed by atoms with Crippen molar-refractivity contribution < 1.29 is 33.2 Å². The lowest BCUT2D eigenvalue weighted by Crippen LogP contribution is -2.71. The summed E-state index contributed by atoms with van der Waals surface area (Å²) in [6.45, 7) is -0.243. The van der Waals surface area contributed by atoms with Gasteiger partial charge in [0, 0.05) is 18.6 Å². The first-order chi connectivity index (χ1) is 18.4. The first-order valence-electron chi connectivity index (χ1n) is 12.1. The molecule has 11 nitrogen and oxygen atoms in total. The molecule has 2 aliphatic rings. The summed E-state index contributed by atoms with van der Waals surface area (Å²) >= 11 is 0. The molecule has 196 valence electrons. The van der Waals surface area contributed by atoms with Crippen LogP contribution in [0.15, 0.2) is 77.4 Å². The number of carbonyl (C=O) groups excluding carboxylic acids is 3. The maximum Gasteiger partial charge on any atom is 0.411 e. The molecule has 11 heteroatoms. The molecule has 2 unspecified atom stereocenters. The van der Waals surface area contributed by atoms with Crippen molar-refractivity contribution in [1.82, 2.24) is 9.80 Å². The van der Waals surface area contributed by atoms with Gasteiger partial charge in [-0.15, -0.1) is 0 Å². The van der Waals surface area contributed by atoms with Gasteiger partial charge in [0.2, 0.25) is 5.91 Å². The Morgan fingerprint density at radius 1 is 1.05 bits per heavy atom. The van der Waals surface area contributed by atoms with Crippen LogP contribution in [0.4, 0.5) is 10.5 Å². The molecule has 0 saturated carbocycles. The van der Waals surface area contributed by atoms with E-state index in [0.717, 1.165) is 11.3 Å². The highest BCUT2D eigenvalue weighted by molar-refractivity contribution is 5.95. The number of benzene rings is 2. The molecule has 0 bridgehead atoms. The lowest BCUT2D eigenvalue weighted by Gasteiger charge is -2.50. The topological polar surface area (TPSA) is 132 Å². The molecule has 5 rings (SSSR count). The zero-order chi connectivity index (χ0) is 26.6. The summed E-state index contributed by atoms with van der Waals surface area (Å²) in [5.41, 5.74) is 1.37. The van der Waals surface area contributed by atoms with Gasteiger partial charge in [0.25, 0.3) is 5.69 Å². The summed E-state index contributed by atoms with van der Waals surface area (Å²) < 4.78 is 16.1. The molecular formula is C27H25N3O8. The van der Waals surface area contributed by atoms with Crippen molar-refractivity contribution >= 4 is 23.7 Å². The van der Waals surface area contributed by atoms with Gasteiger partial charge in [0.1, 0.15) is 31.6 Å². The van der Waals surface area contributed by atoms with E-state index >= 15 is 0 Å². The second kappa shape index (κ2) is 10.8. The van der Waals surface area contributed by atoms with E-state index in [9.17, 15) is 24.5 Å². The second-order valence-electron chi connectivity index (χ2n) is 9.09. The zero-order valence-corrected chi connectivity index (χ0v) is 20.3. The van der Waals surface area contributed by atoms with E-state index in [-0.39, 0.29) is 31.4 Å². The van der Waals surface area contributed by atoms with E-state index in [1.54, 1.807) is 12.3 Å². The smallest absolute Gasteiger partial charge is 0.411 e. The molecule has 2 amide bonds. The molecule has 3 heterocycles. The molecule has 2 aromatic carbocycles. The molecule has 3 aromatic rings. The summed E-state index contributed by atoms with van der Waals surface area (Å²) in [5.74, 6) is -0.254. The highest BCUT2D eigenvalue weighted by Gasteiger charge is 2.56. The molecular weight excluding hydrogens is 494 g/mol. The highest BCUT2D eigenvalue weighted by Crippen LogP contribution is 2.38. The molecule has 38 heavy (non-hydrogen) atoms. The first-order valence-corrected chi connectivity index (χ1v) is 12.1. The fourth-order valence-electron chi connectivity index (χ4n) is 4.88. The molecule has 2 fully saturated rings. The van der Waals surface area contributed by atoms with E-state index in [2.05, 4.69) is 0 Å². The minimum Gasteiger partial charge on any atom is -0.469 e. The number of amides is 2. The summed E-state index contributed by atoms with van der Waals surface area (Å²) in [6, 6.07) is 17.0. The van der Waals surface area contributed by atoms with E-state index in [4.69, 9.17) is 13.9 Å². The molecule has 0 spiro atoms. The number of cyclic esters (lactones) is 1. The predicted octanol–water partition coefficient (Wildman–Crippen LogP) is 3.64. The molecule has 2 saturated heterocycles. The zero-order valence-electron chi connectivity index (χ0n) is 20.3. The van der Waals surface area contributed by atoms with Crippen LogP contribution >= 0.6 is 0 Å². The summed E-state index contributed by atoms with van der Waals surface area (Å²) in [4.78, 5) is 51.9. The lowest BCUT2D eigenvalue weighted by molar-refractivity contribution is -0.384. The monoisotopic (exact) mass is 519 g/mol. The molecule has 0 aliphatic carbocycles. The number of nitro groups is 1. The summed E-state index contributed by atoms with van der Waals surface area (Å²) in [5, 5.41) is 10.8. The highest BCUT2D eigenvalue weighted by atomic mass is 16.6. The Bertz CT molecular complexity index is 1310. The average molecular weight is 520 g/mol. The van der Waals surface area contributed by atoms with Crippen LogP contribution < -0.4 is 0 Å². The van der Waals surface area contributed by atoms with E-state index in [1.165, 1.54) is 34.1 Å². The number of ether oxygens (including phenoxy) is 2. The van der Waals surface area contributed by atoms with Crippen molar-refractivity contribution in [3.63, 3.8) is 0 Å². The number of esters is 1. The number of aryl methyl sites for hydroxylation is 1. The maximum atomic E-state index is 13.3. The Kier molecular flexibility index (Phi) is 7.07. The number of nitro benzene ring substituents is 1. The van der Waals surface area contributed by atoms with Gasteiger partial charge in [0.15, 0.2) is 0 Å². The van der Waals surface area contributed by atoms with Crippen LogP contribution in [0.5, 0.6) is 0 Å². The number of likely N-dealkylation sites (tertiary alicyclic amines) is 1. The second-order valence-corrected chi connectivity index (χ2v) is 9.09. The minimum absolute atomic E-state index is 0.0639. The minimum atomic E-state index is -0.785. The Morgan fingerprint density at radius 3 is 2.50 bits per heavy atom. The van der Waals surface area contributed by atoms with E-state index < -0.39 is 35.1 Å². The van der Waals surface area contributed by atoms with Crippen LogP contribution in [-0.4, -0.2) is 57.9 Å². The van der Waals surface area contributed by atoms with E-state index in [1.807, 2.05) is 36.4 Å². The van der Waals surface area contributed by atoms with Crippen LogP contribution in [0, 0.1) is 10.1 Å². The largest absolute Gasteiger partial charge is 0.469 e. The fourth-order valence-corrected chi connectivity index (χ4v) is 4.88. The van der Waals surface area contributed by atoms with Gasteiger partial charge in [-0.3, -0.25) is 24.6 Å². The Hall–Kier alpha value is -4.67. The summed E-state index contributed by atoms with van der Waals surface area (Å²) in [7, 11) is 0. The quantitative estimate of drug-likeness (QED) is 0.172. The van der Waals surface area contributed by atoms with Gasteiger partial charge < -0.3 is 18.8 Å². The number of non-ortho nitro benzene ring substituents is 1. The van der Waals surface area contributed by atoms with Crippen molar-refractivity contribution in [2.45, 2.75) is 37.6 Å². The van der Waals surface area contributed by atoms with Crippen molar-refractivity contribution in [3.8, 4) is 0 Å². The van der Waals surface area contributed by atoms with Gasteiger partial charge in [-0.25, -0.2) is 4.79 Å². The number of hydrogen-bond donors (Lipinski definition) is 0. The van der Waals surface area contributed by atoms with Gasteiger partial charge >= 0.3 is 12.1 Å². The standard InChI is InChI=1S/C27H25N3O8/c31-24(37-16-18-8-10-20(11-9-18)30(34)35)15-28-22(13-12-21-7-4-14-36-21)25(26(28)32)29-23(17-38-27(29)33)19-5-2-1-3-6-19/h1-11,14,22-23,25H,12-13,15-17H2/t22?,23-,25?/m1/s1. The van der Waals surface area contributed by atoms with Crippen molar-refractivity contribution in [1.29, 1.82) is 0 Å². The van der Waals surface area contributed by atoms with Gasteiger partial charge in [-0.05, 0) is 41.8 Å². The van der Waals surface area contributed by atoms with Gasteiger partial charge in [-0.2, -0.15) is 0 Å². The predicted molar refractivity (Wildman–Crippen MR) is 132 cm³/mol. The van der Waals surface area contributed by atoms with Crippen LogP contribution in [-0.2, 0) is 32.1 Å². The number of carbonyl (C=O) groups is 3. The Balaban J connectivity index is 1.28. The maximum absolute atomic E-state index is 13.3. The number of hydrogen-bond acceptors (Lipinski definition) is 8. The normalized spacial score (nSPS) is 20.7. The number of β-lactam (4-membered cyclic amide) rings is 1. The SMILES string of the molecule is O=C(CN1C(=O)C(N2C(=O)OC[C@@H]2c2ccccc2)C1CCc1ccco1)OCc1ccc([N+](=O)[O-])cc1.